The lowest BCUT2D eigenvalue weighted by Crippen LogP contribution is -2.55. The molecule has 2 rings (SSSR count). The molecule has 1 aromatic carbocycles. The average molecular weight is 363 g/mol. The summed E-state index contributed by atoms with van der Waals surface area (Å²) in [5, 5.41) is 2.89. The molecule has 1 heterocycles. The van der Waals surface area contributed by atoms with E-state index in [1.165, 1.54) is 12.1 Å². The Kier molecular flexibility index (Phi) is 7.00. The zero-order valence-electron chi connectivity index (χ0n) is 16.1. The molecule has 0 saturated carbocycles. The van der Waals surface area contributed by atoms with Gasteiger partial charge < -0.3 is 15.1 Å². The number of hydrogen-bond donors (Lipinski definition) is 1. The number of benzene rings is 1. The van der Waals surface area contributed by atoms with Gasteiger partial charge in [-0.05, 0) is 44.5 Å². The van der Waals surface area contributed by atoms with Crippen LogP contribution in [0.15, 0.2) is 24.3 Å². The van der Waals surface area contributed by atoms with Crippen LogP contribution in [0.25, 0.3) is 0 Å². The smallest absolute Gasteiger partial charge is 0.237 e. The fraction of sp³-hybridized carbons (Fsp3) is 0.600. The minimum Gasteiger partial charge on any atom is -0.368 e. The summed E-state index contributed by atoms with van der Waals surface area (Å²) in [7, 11) is 0. The average Bonchev–Trinajstić information content (AvgIpc) is 2.65. The maximum atomic E-state index is 13.1. The van der Waals surface area contributed by atoms with Crippen molar-refractivity contribution in [1.29, 1.82) is 0 Å². The van der Waals surface area contributed by atoms with Crippen LogP contribution in [-0.4, -0.2) is 49.4 Å². The molecule has 0 bridgehead atoms. The molecule has 5 nitrogen and oxygen atoms in total. The van der Waals surface area contributed by atoms with Crippen LogP contribution in [0.5, 0.6) is 0 Å². The van der Waals surface area contributed by atoms with E-state index in [-0.39, 0.29) is 17.6 Å². The molecule has 144 valence electrons. The highest BCUT2D eigenvalue weighted by Crippen LogP contribution is 2.22. The van der Waals surface area contributed by atoms with E-state index in [9.17, 15) is 14.0 Å². The van der Waals surface area contributed by atoms with Gasteiger partial charge in [-0.1, -0.05) is 19.8 Å². The zero-order valence-corrected chi connectivity index (χ0v) is 16.1. The lowest BCUT2D eigenvalue weighted by molar-refractivity contribution is -0.148. The second-order valence-electron chi connectivity index (χ2n) is 7.34. The van der Waals surface area contributed by atoms with E-state index in [0.717, 1.165) is 24.9 Å². The van der Waals surface area contributed by atoms with Crippen molar-refractivity contribution in [2.75, 3.05) is 37.6 Å². The number of amides is 2. The van der Waals surface area contributed by atoms with Crippen LogP contribution in [0.2, 0.25) is 0 Å². The second kappa shape index (κ2) is 9.01. The van der Waals surface area contributed by atoms with Crippen molar-refractivity contribution in [1.82, 2.24) is 10.2 Å². The van der Waals surface area contributed by atoms with Crippen molar-refractivity contribution in [2.24, 2.45) is 5.41 Å². The molecule has 0 spiro atoms. The van der Waals surface area contributed by atoms with Crippen LogP contribution in [0.3, 0.4) is 0 Å². The topological polar surface area (TPSA) is 52.7 Å². The SMILES string of the molecule is CCCCCNC(=O)C(C)(C)C(=O)N1CCN(c2ccc(F)cc2)CC1. The van der Waals surface area contributed by atoms with Gasteiger partial charge in [-0.3, -0.25) is 9.59 Å². The number of carbonyl (C=O) groups is 2. The molecule has 1 aliphatic rings. The number of nitrogens with zero attached hydrogens (tertiary/aromatic N) is 2. The third-order valence-electron chi connectivity index (χ3n) is 4.93. The summed E-state index contributed by atoms with van der Waals surface area (Å²) in [6.45, 7) is 8.57. The Balaban J connectivity index is 1.87. The first-order valence-electron chi connectivity index (χ1n) is 9.44. The summed E-state index contributed by atoms with van der Waals surface area (Å²) in [6.07, 6.45) is 3.10. The van der Waals surface area contributed by atoms with E-state index in [2.05, 4.69) is 17.1 Å². The van der Waals surface area contributed by atoms with E-state index >= 15 is 0 Å². The highest BCUT2D eigenvalue weighted by atomic mass is 19.1. The third kappa shape index (κ3) is 4.96. The molecule has 1 saturated heterocycles. The van der Waals surface area contributed by atoms with Crippen LogP contribution in [0.1, 0.15) is 40.0 Å². The van der Waals surface area contributed by atoms with Crippen molar-refractivity contribution in [3.63, 3.8) is 0 Å². The Labute approximate surface area is 155 Å². The quantitative estimate of drug-likeness (QED) is 0.599. The summed E-state index contributed by atoms with van der Waals surface area (Å²) in [6, 6.07) is 6.39. The molecule has 26 heavy (non-hydrogen) atoms. The van der Waals surface area contributed by atoms with Crippen molar-refractivity contribution in [3.8, 4) is 0 Å². The van der Waals surface area contributed by atoms with Crippen molar-refractivity contribution in [2.45, 2.75) is 40.0 Å². The third-order valence-corrected chi connectivity index (χ3v) is 4.93. The first-order chi connectivity index (χ1) is 12.4. The van der Waals surface area contributed by atoms with Crippen LogP contribution >= 0.6 is 0 Å². The number of halogens is 1. The predicted molar refractivity (Wildman–Crippen MR) is 102 cm³/mol. The number of anilines is 1. The van der Waals surface area contributed by atoms with Gasteiger partial charge in [-0.25, -0.2) is 4.39 Å². The van der Waals surface area contributed by atoms with Crippen LogP contribution in [0.4, 0.5) is 10.1 Å². The highest BCUT2D eigenvalue weighted by Gasteiger charge is 2.39. The molecule has 0 aromatic heterocycles. The standard InChI is InChI=1S/C20H30FN3O2/c1-4-5-6-11-22-18(25)20(2,3)19(26)24-14-12-23(13-15-24)17-9-7-16(21)8-10-17/h7-10H,4-6,11-15H2,1-3H3,(H,22,25). The fourth-order valence-corrected chi connectivity index (χ4v) is 3.11. The molecule has 0 atom stereocenters. The molecular formula is C20H30FN3O2. The molecule has 0 radical (unpaired) electrons. The predicted octanol–water partition coefficient (Wildman–Crippen LogP) is 2.81. The van der Waals surface area contributed by atoms with Crippen molar-refractivity contribution in [3.05, 3.63) is 30.1 Å². The number of unbranched alkanes of at least 4 members (excludes halogenated alkanes) is 2. The fourth-order valence-electron chi connectivity index (χ4n) is 3.11. The normalized spacial score (nSPS) is 15.1. The minimum atomic E-state index is -1.07. The molecule has 1 fully saturated rings. The van der Waals surface area contributed by atoms with Gasteiger partial charge in [-0.15, -0.1) is 0 Å². The second-order valence-corrected chi connectivity index (χ2v) is 7.34. The molecule has 0 aliphatic carbocycles. The van der Waals surface area contributed by atoms with E-state index in [0.29, 0.717) is 32.7 Å². The van der Waals surface area contributed by atoms with Gasteiger partial charge in [0.1, 0.15) is 11.2 Å². The first-order valence-corrected chi connectivity index (χ1v) is 9.44. The van der Waals surface area contributed by atoms with E-state index in [1.54, 1.807) is 30.9 Å². The number of rotatable bonds is 7. The molecule has 1 N–H and O–H groups in total. The molecular weight excluding hydrogens is 333 g/mol. The summed E-state index contributed by atoms with van der Waals surface area (Å²) in [5.74, 6) is -0.599. The number of carbonyl (C=O) groups excluding carboxylic acids is 2. The van der Waals surface area contributed by atoms with Gasteiger partial charge >= 0.3 is 0 Å². The summed E-state index contributed by atoms with van der Waals surface area (Å²) in [5.41, 5.74) is -0.115. The van der Waals surface area contributed by atoms with E-state index < -0.39 is 5.41 Å². The zero-order chi connectivity index (χ0) is 19.2. The lowest BCUT2D eigenvalue weighted by Gasteiger charge is -2.39. The number of hydrogen-bond acceptors (Lipinski definition) is 3. The Morgan fingerprint density at radius 3 is 2.27 bits per heavy atom. The van der Waals surface area contributed by atoms with Gasteiger partial charge in [-0.2, -0.15) is 0 Å². The molecule has 6 heteroatoms. The largest absolute Gasteiger partial charge is 0.368 e. The van der Waals surface area contributed by atoms with Crippen LogP contribution < -0.4 is 10.2 Å². The molecule has 2 amide bonds. The summed E-state index contributed by atoms with van der Waals surface area (Å²) >= 11 is 0. The van der Waals surface area contributed by atoms with Crippen LogP contribution in [0, 0.1) is 11.2 Å². The van der Waals surface area contributed by atoms with E-state index in [1.807, 2.05) is 0 Å². The van der Waals surface area contributed by atoms with Gasteiger partial charge in [0.2, 0.25) is 11.8 Å². The van der Waals surface area contributed by atoms with Gasteiger partial charge in [0.25, 0.3) is 0 Å². The van der Waals surface area contributed by atoms with Gasteiger partial charge in [0.05, 0.1) is 0 Å². The Morgan fingerprint density at radius 1 is 1.08 bits per heavy atom. The maximum Gasteiger partial charge on any atom is 0.237 e. The Hall–Kier alpha value is -2.11. The lowest BCUT2D eigenvalue weighted by atomic mass is 9.90. The van der Waals surface area contributed by atoms with Crippen molar-refractivity contribution >= 4 is 17.5 Å². The van der Waals surface area contributed by atoms with Gasteiger partial charge in [0.15, 0.2) is 0 Å². The Bertz CT molecular complexity index is 608. The first kappa shape index (κ1) is 20.2. The number of piperazine rings is 1. The summed E-state index contributed by atoms with van der Waals surface area (Å²) in [4.78, 5) is 29.1. The monoisotopic (exact) mass is 363 g/mol. The highest BCUT2D eigenvalue weighted by molar-refractivity contribution is 6.04. The van der Waals surface area contributed by atoms with Crippen molar-refractivity contribution < 1.29 is 14.0 Å². The van der Waals surface area contributed by atoms with Gasteiger partial charge in [0, 0.05) is 38.4 Å². The summed E-state index contributed by atoms with van der Waals surface area (Å²) < 4.78 is 13.1. The van der Waals surface area contributed by atoms with Crippen LogP contribution in [-0.2, 0) is 9.59 Å². The molecule has 1 aromatic rings. The number of nitrogens with one attached hydrogen (secondary N) is 1. The molecule has 1 aliphatic heterocycles. The minimum absolute atomic E-state index is 0.135. The van der Waals surface area contributed by atoms with E-state index in [4.69, 9.17) is 0 Å². The Morgan fingerprint density at radius 2 is 1.69 bits per heavy atom. The maximum absolute atomic E-state index is 13.1. The molecule has 0 unspecified atom stereocenters.